The summed E-state index contributed by atoms with van der Waals surface area (Å²) in [5.41, 5.74) is 0. The summed E-state index contributed by atoms with van der Waals surface area (Å²) in [5, 5.41) is 1.06. The normalized spacial score (nSPS) is 11.1. The molecule has 0 atom stereocenters. The van der Waals surface area contributed by atoms with Crippen molar-refractivity contribution in [2.24, 2.45) is 0 Å². The minimum atomic E-state index is 0.514. The van der Waals surface area contributed by atoms with Crippen LogP contribution in [0.15, 0.2) is 34.7 Å². The number of nitrogens with zero attached hydrogens (tertiary/aromatic N) is 1. The third-order valence-electron chi connectivity index (χ3n) is 2.86. The molecule has 3 nitrogen and oxygen atoms in total. The zero-order chi connectivity index (χ0) is 14.5. The van der Waals surface area contributed by atoms with Crippen molar-refractivity contribution >= 4 is 23.2 Å². The van der Waals surface area contributed by atoms with Crippen molar-refractivity contribution in [1.82, 2.24) is 4.90 Å². The maximum absolute atomic E-state index is 6.04. The SMILES string of the molecule is Cc1ccc(CN(C)CCOc2c(Cl)cccc2Cl)o1. The van der Waals surface area contributed by atoms with Crippen molar-refractivity contribution in [3.63, 3.8) is 0 Å². The number of halogens is 2. The van der Waals surface area contributed by atoms with Gasteiger partial charge in [-0.25, -0.2) is 0 Å². The average molecular weight is 314 g/mol. The average Bonchev–Trinajstić information content (AvgIpc) is 2.78. The lowest BCUT2D eigenvalue weighted by Crippen LogP contribution is -2.23. The number of ether oxygens (including phenoxy) is 1. The number of furan rings is 1. The van der Waals surface area contributed by atoms with Crippen molar-refractivity contribution < 1.29 is 9.15 Å². The van der Waals surface area contributed by atoms with E-state index < -0.39 is 0 Å². The summed E-state index contributed by atoms with van der Waals surface area (Å²) in [6.07, 6.45) is 0. The van der Waals surface area contributed by atoms with Gasteiger partial charge in [-0.15, -0.1) is 0 Å². The van der Waals surface area contributed by atoms with Gasteiger partial charge >= 0.3 is 0 Å². The molecule has 0 bridgehead atoms. The van der Waals surface area contributed by atoms with E-state index in [4.69, 9.17) is 32.4 Å². The van der Waals surface area contributed by atoms with Crippen LogP contribution in [0, 0.1) is 6.92 Å². The first-order valence-electron chi connectivity index (χ1n) is 6.37. The van der Waals surface area contributed by atoms with Crippen LogP contribution in [0.2, 0.25) is 10.0 Å². The van der Waals surface area contributed by atoms with Gasteiger partial charge in [-0.2, -0.15) is 0 Å². The molecule has 2 rings (SSSR count). The fraction of sp³-hybridized carbons (Fsp3) is 0.333. The van der Waals surface area contributed by atoms with Gasteiger partial charge in [-0.05, 0) is 38.2 Å². The molecule has 0 amide bonds. The number of hydrogen-bond donors (Lipinski definition) is 0. The Morgan fingerprint density at radius 2 is 1.85 bits per heavy atom. The molecule has 2 aromatic rings. The quantitative estimate of drug-likeness (QED) is 0.790. The Balaban J connectivity index is 1.81. The maximum Gasteiger partial charge on any atom is 0.156 e. The van der Waals surface area contributed by atoms with E-state index >= 15 is 0 Å². The van der Waals surface area contributed by atoms with E-state index in [1.165, 1.54) is 0 Å². The Morgan fingerprint density at radius 1 is 1.15 bits per heavy atom. The summed E-state index contributed by atoms with van der Waals surface area (Å²) < 4.78 is 11.2. The van der Waals surface area contributed by atoms with Gasteiger partial charge in [-0.1, -0.05) is 29.3 Å². The molecule has 0 fully saturated rings. The molecule has 0 aliphatic heterocycles. The summed E-state index contributed by atoms with van der Waals surface area (Å²) in [4.78, 5) is 2.11. The van der Waals surface area contributed by atoms with Crippen LogP contribution in [0.25, 0.3) is 0 Å². The number of benzene rings is 1. The Kier molecular flexibility index (Phi) is 5.35. The fourth-order valence-corrected chi connectivity index (χ4v) is 2.35. The highest BCUT2D eigenvalue weighted by atomic mass is 35.5. The second kappa shape index (κ2) is 7.02. The predicted molar refractivity (Wildman–Crippen MR) is 81.7 cm³/mol. The van der Waals surface area contributed by atoms with Gasteiger partial charge in [-0.3, -0.25) is 4.90 Å². The van der Waals surface area contributed by atoms with Crippen LogP contribution >= 0.6 is 23.2 Å². The first-order valence-corrected chi connectivity index (χ1v) is 7.12. The van der Waals surface area contributed by atoms with Crippen LogP contribution in [0.4, 0.5) is 0 Å². The summed E-state index contributed by atoms with van der Waals surface area (Å²) in [5.74, 6) is 2.41. The van der Waals surface area contributed by atoms with Gasteiger partial charge in [0.2, 0.25) is 0 Å². The molecule has 0 aliphatic rings. The van der Waals surface area contributed by atoms with Gasteiger partial charge in [0, 0.05) is 6.54 Å². The summed E-state index contributed by atoms with van der Waals surface area (Å²) in [6, 6.07) is 9.26. The topological polar surface area (TPSA) is 25.6 Å². The number of hydrogen-bond acceptors (Lipinski definition) is 3. The lowest BCUT2D eigenvalue weighted by molar-refractivity contribution is 0.221. The van der Waals surface area contributed by atoms with Crippen molar-refractivity contribution in [2.75, 3.05) is 20.2 Å². The molecule has 1 heterocycles. The van der Waals surface area contributed by atoms with Crippen molar-refractivity contribution in [2.45, 2.75) is 13.5 Å². The maximum atomic E-state index is 6.04. The molecule has 5 heteroatoms. The largest absolute Gasteiger partial charge is 0.489 e. The Bertz CT molecular complexity index is 549. The van der Waals surface area contributed by atoms with E-state index in [0.717, 1.165) is 24.6 Å². The Labute approximate surface area is 129 Å². The minimum Gasteiger partial charge on any atom is -0.489 e. The van der Waals surface area contributed by atoms with Crippen molar-refractivity contribution in [3.05, 3.63) is 51.9 Å². The molecule has 0 saturated carbocycles. The third-order valence-corrected chi connectivity index (χ3v) is 3.46. The van der Waals surface area contributed by atoms with Gasteiger partial charge in [0.05, 0.1) is 16.6 Å². The van der Waals surface area contributed by atoms with Crippen molar-refractivity contribution in [3.8, 4) is 5.75 Å². The second-order valence-electron chi connectivity index (χ2n) is 4.65. The van der Waals surface area contributed by atoms with E-state index in [-0.39, 0.29) is 0 Å². The lowest BCUT2D eigenvalue weighted by atomic mass is 10.3. The van der Waals surface area contributed by atoms with Gasteiger partial charge < -0.3 is 9.15 Å². The number of para-hydroxylation sites is 1. The number of aryl methyl sites for hydroxylation is 1. The second-order valence-corrected chi connectivity index (χ2v) is 5.46. The van der Waals surface area contributed by atoms with E-state index in [1.807, 2.05) is 26.1 Å². The molecule has 20 heavy (non-hydrogen) atoms. The fourth-order valence-electron chi connectivity index (χ4n) is 1.84. The van der Waals surface area contributed by atoms with Crippen LogP contribution in [0.1, 0.15) is 11.5 Å². The van der Waals surface area contributed by atoms with E-state index in [0.29, 0.717) is 22.4 Å². The van der Waals surface area contributed by atoms with Crippen LogP contribution in [-0.2, 0) is 6.54 Å². The zero-order valence-corrected chi connectivity index (χ0v) is 13.0. The third kappa shape index (κ3) is 4.17. The number of rotatable bonds is 6. The van der Waals surface area contributed by atoms with Gasteiger partial charge in [0.15, 0.2) is 5.75 Å². The van der Waals surface area contributed by atoms with Gasteiger partial charge in [0.25, 0.3) is 0 Å². The standard InChI is InChI=1S/C15H17Cl2NO2/c1-11-6-7-12(20-11)10-18(2)8-9-19-15-13(16)4-3-5-14(15)17/h3-7H,8-10H2,1-2H3. The van der Waals surface area contributed by atoms with E-state index in [1.54, 1.807) is 18.2 Å². The summed E-state index contributed by atoms with van der Waals surface area (Å²) >= 11 is 12.1. The van der Waals surface area contributed by atoms with Gasteiger partial charge in [0.1, 0.15) is 18.1 Å². The summed E-state index contributed by atoms with van der Waals surface area (Å²) in [6.45, 7) is 3.94. The van der Waals surface area contributed by atoms with Crippen LogP contribution < -0.4 is 4.74 Å². The van der Waals surface area contributed by atoms with E-state index in [9.17, 15) is 0 Å². The zero-order valence-electron chi connectivity index (χ0n) is 11.5. The molecule has 0 N–H and O–H groups in total. The molecule has 0 unspecified atom stereocenters. The lowest BCUT2D eigenvalue weighted by Gasteiger charge is -2.16. The van der Waals surface area contributed by atoms with Crippen LogP contribution in [0.5, 0.6) is 5.75 Å². The monoisotopic (exact) mass is 313 g/mol. The molecule has 0 aliphatic carbocycles. The molecule has 1 aromatic heterocycles. The molecule has 0 saturated heterocycles. The molecule has 1 aromatic carbocycles. The van der Waals surface area contributed by atoms with Crippen molar-refractivity contribution in [1.29, 1.82) is 0 Å². The number of likely N-dealkylation sites (N-methyl/N-ethyl adjacent to an activating group) is 1. The Morgan fingerprint density at radius 3 is 2.45 bits per heavy atom. The molecule has 108 valence electrons. The van der Waals surface area contributed by atoms with Crippen LogP contribution in [-0.4, -0.2) is 25.1 Å². The minimum absolute atomic E-state index is 0.514. The molecular weight excluding hydrogens is 297 g/mol. The highest BCUT2D eigenvalue weighted by Crippen LogP contribution is 2.32. The smallest absolute Gasteiger partial charge is 0.156 e. The highest BCUT2D eigenvalue weighted by molar-refractivity contribution is 6.37. The van der Waals surface area contributed by atoms with E-state index in [2.05, 4.69) is 4.90 Å². The van der Waals surface area contributed by atoms with Crippen LogP contribution in [0.3, 0.4) is 0 Å². The first kappa shape index (κ1) is 15.2. The molecule has 0 spiro atoms. The molecule has 0 radical (unpaired) electrons. The Hall–Kier alpha value is -1.16. The molecular formula is C15H17Cl2NO2. The summed E-state index contributed by atoms with van der Waals surface area (Å²) in [7, 11) is 2.01. The predicted octanol–water partition coefficient (Wildman–Crippen LogP) is 4.41. The highest BCUT2D eigenvalue weighted by Gasteiger charge is 2.08. The first-order chi connectivity index (χ1) is 9.56.